The maximum atomic E-state index is 13.3. The zero-order valence-electron chi connectivity index (χ0n) is 15.1. The first-order chi connectivity index (χ1) is 13.0. The SMILES string of the molecule is COc1cc2c(cc1OC)[C@H]1C(=O)c3cc4c(cc3[C@H]1N(C)C2=O)OCO4. The fourth-order valence-corrected chi connectivity index (χ4v) is 4.30. The number of amides is 1. The van der Waals surface area contributed by atoms with E-state index in [-0.39, 0.29) is 24.5 Å². The van der Waals surface area contributed by atoms with E-state index in [1.54, 1.807) is 30.1 Å². The largest absolute Gasteiger partial charge is 0.493 e. The molecule has 2 aromatic carbocycles. The number of fused-ring (bicyclic) bond motifs is 6. The van der Waals surface area contributed by atoms with Crippen LogP contribution in [0.5, 0.6) is 23.0 Å². The molecule has 0 aromatic heterocycles. The molecule has 1 amide bonds. The van der Waals surface area contributed by atoms with Gasteiger partial charge in [-0.3, -0.25) is 9.59 Å². The lowest BCUT2D eigenvalue weighted by Crippen LogP contribution is -2.39. The van der Waals surface area contributed by atoms with Gasteiger partial charge in [0.05, 0.1) is 26.2 Å². The average Bonchev–Trinajstić information content (AvgIpc) is 3.25. The van der Waals surface area contributed by atoms with Gasteiger partial charge in [-0.15, -0.1) is 0 Å². The quantitative estimate of drug-likeness (QED) is 0.812. The van der Waals surface area contributed by atoms with Crippen molar-refractivity contribution in [2.45, 2.75) is 12.0 Å². The molecule has 2 heterocycles. The standard InChI is InChI=1S/C20H17NO6/c1-21-18-10-5-15-16(27-8-26-15)6-11(10)19(22)17(18)9-4-13(24-2)14(25-3)7-12(9)20(21)23/h4-7,17-18H,8H2,1-3H3/t17-,18-/m1/s1. The van der Waals surface area contributed by atoms with Crippen molar-refractivity contribution in [3.8, 4) is 23.0 Å². The minimum absolute atomic E-state index is 0.0406. The Balaban J connectivity index is 1.73. The number of ketones is 1. The molecular formula is C20H17NO6. The Hall–Kier alpha value is -3.22. The normalized spacial score (nSPS) is 21.7. The number of ether oxygens (including phenoxy) is 4. The van der Waals surface area contributed by atoms with Crippen molar-refractivity contribution in [1.82, 2.24) is 4.90 Å². The van der Waals surface area contributed by atoms with Gasteiger partial charge in [0.1, 0.15) is 0 Å². The molecule has 2 atom stereocenters. The number of carbonyl (C=O) groups excluding carboxylic acids is 2. The molecule has 7 heteroatoms. The molecule has 1 aliphatic carbocycles. The molecule has 5 rings (SSSR count). The second kappa shape index (κ2) is 5.39. The lowest BCUT2D eigenvalue weighted by Gasteiger charge is -2.36. The number of carbonyl (C=O) groups is 2. The van der Waals surface area contributed by atoms with Crippen LogP contribution in [-0.4, -0.2) is 44.7 Å². The minimum atomic E-state index is -0.500. The number of benzene rings is 2. The fraction of sp³-hybridized carbons (Fsp3) is 0.300. The van der Waals surface area contributed by atoms with Crippen LogP contribution in [0, 0.1) is 0 Å². The number of likely N-dealkylation sites (N-methyl/N-ethyl adjacent to an activating group) is 1. The Bertz CT molecular complexity index is 1010. The zero-order valence-corrected chi connectivity index (χ0v) is 15.1. The molecule has 2 aliphatic heterocycles. The van der Waals surface area contributed by atoms with Crippen LogP contribution in [-0.2, 0) is 0 Å². The number of rotatable bonds is 2. The molecular weight excluding hydrogens is 350 g/mol. The summed E-state index contributed by atoms with van der Waals surface area (Å²) in [7, 11) is 4.76. The van der Waals surface area contributed by atoms with Crippen molar-refractivity contribution in [3.63, 3.8) is 0 Å². The van der Waals surface area contributed by atoms with Crippen LogP contribution in [0.4, 0.5) is 0 Å². The second-order valence-corrected chi connectivity index (χ2v) is 6.79. The summed E-state index contributed by atoms with van der Waals surface area (Å²) in [6, 6.07) is 6.53. The van der Waals surface area contributed by atoms with Crippen LogP contribution in [0.1, 0.15) is 43.8 Å². The van der Waals surface area contributed by atoms with Gasteiger partial charge in [0.15, 0.2) is 28.8 Å². The van der Waals surface area contributed by atoms with E-state index < -0.39 is 5.92 Å². The van der Waals surface area contributed by atoms with Gasteiger partial charge in [0.25, 0.3) is 5.91 Å². The van der Waals surface area contributed by atoms with Crippen molar-refractivity contribution >= 4 is 11.7 Å². The van der Waals surface area contributed by atoms with Crippen molar-refractivity contribution in [3.05, 3.63) is 46.5 Å². The van der Waals surface area contributed by atoms with E-state index in [9.17, 15) is 9.59 Å². The summed E-state index contributed by atoms with van der Waals surface area (Å²) in [4.78, 5) is 27.9. The third-order valence-electron chi connectivity index (χ3n) is 5.59. The zero-order chi connectivity index (χ0) is 18.9. The molecule has 0 saturated heterocycles. The maximum Gasteiger partial charge on any atom is 0.254 e. The Labute approximate surface area is 155 Å². The van der Waals surface area contributed by atoms with Crippen LogP contribution in [0.2, 0.25) is 0 Å². The van der Waals surface area contributed by atoms with Gasteiger partial charge in [-0.05, 0) is 35.4 Å². The molecule has 138 valence electrons. The summed E-state index contributed by atoms with van der Waals surface area (Å²) < 4.78 is 21.6. The first-order valence-corrected chi connectivity index (χ1v) is 8.56. The van der Waals surface area contributed by atoms with Gasteiger partial charge in [0, 0.05) is 18.2 Å². The van der Waals surface area contributed by atoms with Crippen LogP contribution >= 0.6 is 0 Å². The van der Waals surface area contributed by atoms with Crippen LogP contribution in [0.25, 0.3) is 0 Å². The highest BCUT2D eigenvalue weighted by atomic mass is 16.7. The van der Waals surface area contributed by atoms with E-state index in [1.807, 2.05) is 6.07 Å². The van der Waals surface area contributed by atoms with E-state index in [1.165, 1.54) is 14.2 Å². The highest BCUT2D eigenvalue weighted by Crippen LogP contribution is 2.53. The lowest BCUT2D eigenvalue weighted by molar-refractivity contribution is 0.0665. The Morgan fingerprint density at radius 1 is 0.926 bits per heavy atom. The van der Waals surface area contributed by atoms with Gasteiger partial charge in [-0.25, -0.2) is 0 Å². The van der Waals surface area contributed by atoms with Gasteiger partial charge in [-0.1, -0.05) is 0 Å². The van der Waals surface area contributed by atoms with E-state index in [2.05, 4.69) is 0 Å². The minimum Gasteiger partial charge on any atom is -0.493 e. The molecule has 0 fully saturated rings. The molecule has 0 N–H and O–H groups in total. The Kier molecular flexibility index (Phi) is 3.19. The number of methoxy groups -OCH3 is 2. The third kappa shape index (κ3) is 1.96. The van der Waals surface area contributed by atoms with Gasteiger partial charge < -0.3 is 23.8 Å². The van der Waals surface area contributed by atoms with Crippen LogP contribution < -0.4 is 18.9 Å². The van der Waals surface area contributed by atoms with Gasteiger partial charge in [-0.2, -0.15) is 0 Å². The molecule has 7 nitrogen and oxygen atoms in total. The van der Waals surface area contributed by atoms with E-state index in [0.29, 0.717) is 39.7 Å². The molecule has 2 aromatic rings. The highest BCUT2D eigenvalue weighted by molar-refractivity contribution is 6.11. The number of Topliss-reactive ketones (excluding diaryl/α,β-unsaturated/α-hetero) is 1. The lowest BCUT2D eigenvalue weighted by atomic mass is 9.83. The third-order valence-corrected chi connectivity index (χ3v) is 5.59. The van der Waals surface area contributed by atoms with Crippen molar-refractivity contribution in [2.24, 2.45) is 0 Å². The number of hydrogen-bond donors (Lipinski definition) is 0. The van der Waals surface area contributed by atoms with E-state index >= 15 is 0 Å². The smallest absolute Gasteiger partial charge is 0.254 e. The Morgan fingerprint density at radius 3 is 2.30 bits per heavy atom. The van der Waals surface area contributed by atoms with Crippen molar-refractivity contribution in [1.29, 1.82) is 0 Å². The van der Waals surface area contributed by atoms with Crippen molar-refractivity contribution < 1.29 is 28.5 Å². The summed E-state index contributed by atoms with van der Waals surface area (Å²) in [6.07, 6.45) is 0. The summed E-state index contributed by atoms with van der Waals surface area (Å²) >= 11 is 0. The van der Waals surface area contributed by atoms with Crippen LogP contribution in [0.3, 0.4) is 0 Å². The average molecular weight is 367 g/mol. The topological polar surface area (TPSA) is 74.3 Å². The monoisotopic (exact) mass is 367 g/mol. The predicted molar refractivity (Wildman–Crippen MR) is 94.0 cm³/mol. The van der Waals surface area contributed by atoms with Crippen LogP contribution in [0.15, 0.2) is 24.3 Å². The molecule has 27 heavy (non-hydrogen) atoms. The van der Waals surface area contributed by atoms with Gasteiger partial charge >= 0.3 is 0 Å². The molecule has 0 bridgehead atoms. The van der Waals surface area contributed by atoms with Gasteiger partial charge in [0.2, 0.25) is 6.79 Å². The first kappa shape index (κ1) is 16.0. The molecule has 0 saturated carbocycles. The molecule has 3 aliphatic rings. The van der Waals surface area contributed by atoms with E-state index in [4.69, 9.17) is 18.9 Å². The molecule has 0 radical (unpaired) electrons. The predicted octanol–water partition coefficient (Wildman–Crippen LogP) is 2.54. The second-order valence-electron chi connectivity index (χ2n) is 6.79. The fourth-order valence-electron chi connectivity index (χ4n) is 4.30. The summed E-state index contributed by atoms with van der Waals surface area (Å²) in [5, 5.41) is 0. The summed E-state index contributed by atoms with van der Waals surface area (Å²) in [5.74, 6) is 1.40. The summed E-state index contributed by atoms with van der Waals surface area (Å²) in [6.45, 7) is 0.134. The Morgan fingerprint density at radius 2 is 1.59 bits per heavy atom. The summed E-state index contributed by atoms with van der Waals surface area (Å²) in [5.41, 5.74) is 2.46. The molecule has 0 spiro atoms. The van der Waals surface area contributed by atoms with E-state index in [0.717, 1.165) is 5.56 Å². The maximum absolute atomic E-state index is 13.3. The first-order valence-electron chi connectivity index (χ1n) is 8.56. The number of nitrogens with zero attached hydrogens (tertiary/aromatic N) is 1. The van der Waals surface area contributed by atoms with Crippen molar-refractivity contribution in [2.75, 3.05) is 28.1 Å². The number of hydrogen-bond acceptors (Lipinski definition) is 6. The molecule has 0 unspecified atom stereocenters. The highest BCUT2D eigenvalue weighted by Gasteiger charge is 2.50.